The monoisotopic (exact) mass is 291 g/mol. The van der Waals surface area contributed by atoms with E-state index in [2.05, 4.69) is 4.98 Å². The van der Waals surface area contributed by atoms with Gasteiger partial charge in [0.15, 0.2) is 0 Å². The van der Waals surface area contributed by atoms with Gasteiger partial charge in [-0.05, 0) is 18.9 Å². The molecule has 2 N–H and O–H groups in total. The number of hydrogen-bond acceptors (Lipinski definition) is 4. The molecule has 1 aromatic rings. The highest BCUT2D eigenvalue weighted by Gasteiger charge is 2.36. The van der Waals surface area contributed by atoms with Crippen LogP contribution < -0.4 is 10.5 Å². The van der Waals surface area contributed by atoms with Crippen LogP contribution in [0, 0.1) is 0 Å². The number of carbonyl (C=O) groups is 1. The van der Waals surface area contributed by atoms with Crippen LogP contribution in [0.1, 0.15) is 28.9 Å². The van der Waals surface area contributed by atoms with Crippen molar-refractivity contribution in [3.8, 4) is 5.88 Å². The molecule has 0 bridgehead atoms. The van der Waals surface area contributed by atoms with Gasteiger partial charge in [0, 0.05) is 37.2 Å². The average Bonchev–Trinajstić information content (AvgIpc) is 3.33. The van der Waals surface area contributed by atoms with Crippen molar-refractivity contribution < 1.29 is 13.9 Å². The van der Waals surface area contributed by atoms with Crippen LogP contribution in [0.2, 0.25) is 0 Å². The highest BCUT2D eigenvalue weighted by molar-refractivity contribution is 5.96. The smallest absolute Gasteiger partial charge is 0.255 e. The average molecular weight is 291 g/mol. The first-order chi connectivity index (χ1) is 10.2. The molecule has 1 fully saturated rings. The number of pyridine rings is 1. The number of aromatic nitrogens is 1. The molecule has 0 atom stereocenters. The minimum Gasteiger partial charge on any atom is -0.473 e. The highest BCUT2D eigenvalue weighted by atomic mass is 19.1. The zero-order valence-corrected chi connectivity index (χ0v) is 11.7. The van der Waals surface area contributed by atoms with Crippen LogP contribution in [0.3, 0.4) is 0 Å². The highest BCUT2D eigenvalue weighted by Crippen LogP contribution is 2.31. The maximum absolute atomic E-state index is 12.4. The van der Waals surface area contributed by atoms with Gasteiger partial charge in [-0.15, -0.1) is 0 Å². The molecule has 6 heteroatoms. The van der Waals surface area contributed by atoms with E-state index in [0.717, 1.165) is 25.0 Å². The molecule has 112 valence electrons. The van der Waals surface area contributed by atoms with E-state index in [1.807, 2.05) is 4.90 Å². The summed E-state index contributed by atoms with van der Waals surface area (Å²) in [6, 6.07) is 3.82. The number of nitrogens with zero attached hydrogens (tertiary/aromatic N) is 2. The van der Waals surface area contributed by atoms with Gasteiger partial charge in [0.2, 0.25) is 5.88 Å². The van der Waals surface area contributed by atoms with E-state index in [0.29, 0.717) is 35.9 Å². The van der Waals surface area contributed by atoms with Crippen molar-refractivity contribution in [2.24, 2.45) is 5.73 Å². The Hall–Kier alpha value is -1.95. The van der Waals surface area contributed by atoms with E-state index < -0.39 is 0 Å². The molecule has 1 amide bonds. The van der Waals surface area contributed by atoms with Gasteiger partial charge in [-0.1, -0.05) is 0 Å². The molecule has 1 saturated carbocycles. The number of fused-ring (bicyclic) bond motifs is 1. The molecule has 3 rings (SSSR count). The Balaban J connectivity index is 1.72. The lowest BCUT2D eigenvalue weighted by Crippen LogP contribution is -2.39. The lowest BCUT2D eigenvalue weighted by Gasteiger charge is -2.28. The second kappa shape index (κ2) is 5.81. The molecular formula is C15H18FN3O2. The minimum absolute atomic E-state index is 0.0594. The normalized spacial score (nSPS) is 18.7. The lowest BCUT2D eigenvalue weighted by molar-refractivity contribution is 0.0724. The third-order valence-corrected chi connectivity index (χ3v) is 3.84. The number of rotatable bonds is 5. The minimum atomic E-state index is 0.0594. The van der Waals surface area contributed by atoms with Crippen LogP contribution in [0.4, 0.5) is 4.39 Å². The van der Waals surface area contributed by atoms with Gasteiger partial charge in [0.05, 0.1) is 17.6 Å². The first-order valence-electron chi connectivity index (χ1n) is 7.15. The summed E-state index contributed by atoms with van der Waals surface area (Å²) in [6.45, 7) is 0.891. The molecule has 0 saturated heterocycles. The Morgan fingerprint density at radius 2 is 2.33 bits per heavy atom. The second-order valence-corrected chi connectivity index (χ2v) is 5.38. The molecule has 5 nitrogen and oxygen atoms in total. The maximum Gasteiger partial charge on any atom is 0.255 e. The maximum atomic E-state index is 12.4. The Bertz CT molecular complexity index is 584. The van der Waals surface area contributed by atoms with Crippen molar-refractivity contribution in [2.75, 3.05) is 19.7 Å². The molecule has 2 heterocycles. The van der Waals surface area contributed by atoms with Crippen LogP contribution in [0.5, 0.6) is 5.88 Å². The zero-order chi connectivity index (χ0) is 14.8. The third-order valence-electron chi connectivity index (χ3n) is 3.84. The fourth-order valence-electron chi connectivity index (χ4n) is 2.47. The number of carbonyl (C=O) groups excluding carboxylic acids is 1. The molecule has 1 aliphatic carbocycles. The molecule has 0 aromatic carbocycles. The molecule has 21 heavy (non-hydrogen) atoms. The summed E-state index contributed by atoms with van der Waals surface area (Å²) in [4.78, 5) is 18.6. The Labute approximate surface area is 122 Å². The van der Waals surface area contributed by atoms with Gasteiger partial charge in [0.1, 0.15) is 6.61 Å². The SMILES string of the molecule is NC/C(=C\F)COc1ccc2c(n1)CCN(C1CC1)C2=O. The van der Waals surface area contributed by atoms with Gasteiger partial charge in [-0.2, -0.15) is 0 Å². The summed E-state index contributed by atoms with van der Waals surface area (Å²) in [5, 5.41) is 0. The standard InChI is InChI=1S/C15H18FN3O2/c16-7-10(8-17)9-21-14-4-3-12-13(18-14)5-6-19(15(12)20)11-1-2-11/h3-4,7,11H,1-2,5-6,8-9,17H2/b10-7+. The fourth-order valence-corrected chi connectivity index (χ4v) is 2.47. The largest absolute Gasteiger partial charge is 0.473 e. The number of nitrogens with two attached hydrogens (primary N) is 1. The molecule has 0 radical (unpaired) electrons. The van der Waals surface area contributed by atoms with Gasteiger partial charge in [0.25, 0.3) is 5.91 Å². The fraction of sp³-hybridized carbons (Fsp3) is 0.467. The van der Waals surface area contributed by atoms with Crippen LogP contribution in [-0.4, -0.2) is 41.5 Å². The summed E-state index contributed by atoms with van der Waals surface area (Å²) < 4.78 is 17.8. The Kier molecular flexibility index (Phi) is 3.88. The Morgan fingerprint density at radius 3 is 3.00 bits per heavy atom. The van der Waals surface area contributed by atoms with E-state index in [1.54, 1.807) is 12.1 Å². The first-order valence-corrected chi connectivity index (χ1v) is 7.15. The van der Waals surface area contributed by atoms with Crippen molar-refractivity contribution >= 4 is 5.91 Å². The number of hydrogen-bond donors (Lipinski definition) is 1. The summed E-state index contributed by atoms with van der Waals surface area (Å²) in [6.07, 6.45) is 3.40. The van der Waals surface area contributed by atoms with Crippen molar-refractivity contribution in [1.29, 1.82) is 0 Å². The predicted molar refractivity (Wildman–Crippen MR) is 75.7 cm³/mol. The number of amides is 1. The van der Waals surface area contributed by atoms with Crippen LogP contribution in [-0.2, 0) is 6.42 Å². The van der Waals surface area contributed by atoms with Gasteiger partial charge >= 0.3 is 0 Å². The van der Waals surface area contributed by atoms with E-state index in [9.17, 15) is 9.18 Å². The Morgan fingerprint density at radius 1 is 1.52 bits per heavy atom. The van der Waals surface area contributed by atoms with Gasteiger partial charge in [-0.3, -0.25) is 4.79 Å². The summed E-state index contributed by atoms with van der Waals surface area (Å²) in [5.74, 6) is 0.457. The molecular weight excluding hydrogens is 273 g/mol. The molecule has 0 spiro atoms. The second-order valence-electron chi connectivity index (χ2n) is 5.38. The van der Waals surface area contributed by atoms with Crippen LogP contribution >= 0.6 is 0 Å². The van der Waals surface area contributed by atoms with E-state index in [1.165, 1.54) is 0 Å². The summed E-state index contributed by atoms with van der Waals surface area (Å²) >= 11 is 0. The van der Waals surface area contributed by atoms with Crippen molar-refractivity contribution in [1.82, 2.24) is 9.88 Å². The summed E-state index contributed by atoms with van der Waals surface area (Å²) in [7, 11) is 0. The number of ether oxygens (including phenoxy) is 1. The van der Waals surface area contributed by atoms with Crippen LogP contribution in [0.15, 0.2) is 24.0 Å². The lowest BCUT2D eigenvalue weighted by atomic mass is 10.0. The van der Waals surface area contributed by atoms with E-state index in [4.69, 9.17) is 10.5 Å². The summed E-state index contributed by atoms with van der Waals surface area (Å²) in [5.41, 5.74) is 7.14. The topological polar surface area (TPSA) is 68.5 Å². The first kappa shape index (κ1) is 14.0. The third kappa shape index (κ3) is 2.90. The molecule has 2 aliphatic rings. The molecule has 1 aromatic heterocycles. The van der Waals surface area contributed by atoms with E-state index >= 15 is 0 Å². The molecule has 1 aliphatic heterocycles. The zero-order valence-electron chi connectivity index (χ0n) is 11.7. The van der Waals surface area contributed by atoms with Crippen molar-refractivity contribution in [3.05, 3.63) is 35.3 Å². The van der Waals surface area contributed by atoms with Gasteiger partial charge in [-0.25, -0.2) is 9.37 Å². The molecule has 0 unspecified atom stereocenters. The quantitative estimate of drug-likeness (QED) is 0.891. The van der Waals surface area contributed by atoms with Crippen molar-refractivity contribution in [2.45, 2.75) is 25.3 Å². The predicted octanol–water partition coefficient (Wildman–Crippen LogP) is 1.43. The van der Waals surface area contributed by atoms with Gasteiger partial charge < -0.3 is 15.4 Å². The van der Waals surface area contributed by atoms with Crippen molar-refractivity contribution in [3.63, 3.8) is 0 Å². The number of halogens is 1. The van der Waals surface area contributed by atoms with E-state index in [-0.39, 0.29) is 19.1 Å². The van der Waals surface area contributed by atoms with Crippen LogP contribution in [0.25, 0.3) is 0 Å².